The van der Waals surface area contributed by atoms with E-state index < -0.39 is 105 Å². The topological polar surface area (TPSA) is 159 Å². The molecule has 5 saturated heterocycles. The predicted molar refractivity (Wildman–Crippen MR) is 305 cm³/mol. The van der Waals surface area contributed by atoms with Crippen molar-refractivity contribution in [2.24, 2.45) is 0 Å². The van der Waals surface area contributed by atoms with Crippen molar-refractivity contribution in [1.29, 1.82) is 0 Å². The van der Waals surface area contributed by atoms with Gasteiger partial charge >= 0.3 is 0 Å². The molecule has 84 heavy (non-hydrogen) atoms. The minimum atomic E-state index is -1.47. The molecule has 7 aromatic carbocycles. The molecule has 0 radical (unpaired) electrons. The molecule has 0 amide bonds. The lowest BCUT2D eigenvalue weighted by Gasteiger charge is -2.53. The number of aliphatic hydroxyl groups is 1. The number of hydrogen-bond donors (Lipinski definition) is 1. The second kappa shape index (κ2) is 28.9. The van der Waals surface area contributed by atoms with Gasteiger partial charge in [0.05, 0.1) is 52.9 Å². The Labute approximate surface area is 490 Å². The van der Waals surface area contributed by atoms with Crippen molar-refractivity contribution in [3.63, 3.8) is 0 Å². The van der Waals surface area contributed by atoms with Crippen molar-refractivity contribution >= 4 is 0 Å². The van der Waals surface area contributed by atoms with Crippen LogP contribution in [0.4, 0.5) is 0 Å². The average Bonchev–Trinajstić information content (AvgIpc) is 2.62. The van der Waals surface area contributed by atoms with Gasteiger partial charge in [-0.25, -0.2) is 0 Å². The molecular formula is C68H72O16. The van der Waals surface area contributed by atoms with Crippen LogP contribution in [0, 0.1) is 0 Å². The maximum atomic E-state index is 13.0. The van der Waals surface area contributed by atoms with E-state index in [0.717, 1.165) is 38.9 Å². The van der Waals surface area contributed by atoms with Crippen LogP contribution in [0.1, 0.15) is 51.5 Å². The molecule has 0 bridgehead atoms. The summed E-state index contributed by atoms with van der Waals surface area (Å²) in [5.74, 6) is 0. The number of methoxy groups -OCH3 is 1. The van der Waals surface area contributed by atoms with Gasteiger partial charge in [-0.15, -0.1) is 0 Å². The minimum Gasteiger partial charge on any atom is -0.385 e. The van der Waals surface area contributed by atoms with Gasteiger partial charge in [0.1, 0.15) is 73.2 Å². The molecule has 16 heteroatoms. The maximum Gasteiger partial charge on any atom is 0.187 e. The van der Waals surface area contributed by atoms with Gasteiger partial charge in [0.15, 0.2) is 31.5 Å². The summed E-state index contributed by atoms with van der Waals surface area (Å²) in [6, 6.07) is 68.6. The molecular weight excluding hydrogens is 1070 g/mol. The van der Waals surface area contributed by atoms with Crippen LogP contribution in [0.3, 0.4) is 0 Å². The van der Waals surface area contributed by atoms with Gasteiger partial charge in [0.25, 0.3) is 0 Å². The summed E-state index contributed by atoms with van der Waals surface area (Å²) in [4.78, 5) is 0. The number of rotatable bonds is 23. The Morgan fingerprint density at radius 1 is 0.369 bits per heavy atom. The van der Waals surface area contributed by atoms with E-state index in [0.29, 0.717) is 0 Å². The van der Waals surface area contributed by atoms with Crippen LogP contribution in [0.15, 0.2) is 212 Å². The van der Waals surface area contributed by atoms with Crippen LogP contribution in [0.25, 0.3) is 0 Å². The van der Waals surface area contributed by atoms with Gasteiger partial charge in [-0.1, -0.05) is 212 Å². The minimum absolute atomic E-state index is 0.0384. The number of aliphatic hydroxyl groups excluding tert-OH is 1. The van der Waals surface area contributed by atoms with E-state index in [-0.39, 0.29) is 52.9 Å². The van der Waals surface area contributed by atoms with Crippen LogP contribution >= 0.6 is 0 Å². The third-order valence-electron chi connectivity index (χ3n) is 15.7. The molecule has 0 saturated carbocycles. The third-order valence-corrected chi connectivity index (χ3v) is 15.7. The molecule has 0 spiro atoms. The van der Waals surface area contributed by atoms with Crippen molar-refractivity contribution in [2.75, 3.05) is 26.9 Å². The van der Waals surface area contributed by atoms with E-state index >= 15 is 0 Å². The van der Waals surface area contributed by atoms with Gasteiger partial charge in [-0.05, 0) is 27.8 Å². The first-order valence-electron chi connectivity index (χ1n) is 28.9. The lowest BCUT2D eigenvalue weighted by molar-refractivity contribution is -0.424. The van der Waals surface area contributed by atoms with Crippen LogP contribution in [0.2, 0.25) is 0 Å². The van der Waals surface area contributed by atoms with Crippen molar-refractivity contribution in [3.8, 4) is 0 Å². The molecule has 0 aliphatic carbocycles. The van der Waals surface area contributed by atoms with Gasteiger partial charge < -0.3 is 76.2 Å². The molecule has 16 nitrogen and oxygen atoms in total. The molecule has 17 atom stereocenters. The Hall–Kier alpha value is -6.10. The molecule has 5 aliphatic rings. The maximum absolute atomic E-state index is 13.0. The first-order chi connectivity index (χ1) is 41.5. The Balaban J connectivity index is 0.924. The van der Waals surface area contributed by atoms with E-state index in [2.05, 4.69) is 0 Å². The van der Waals surface area contributed by atoms with Gasteiger partial charge in [0.2, 0.25) is 0 Å². The zero-order chi connectivity index (χ0) is 56.9. The summed E-state index contributed by atoms with van der Waals surface area (Å²) >= 11 is 0. The van der Waals surface area contributed by atoms with Gasteiger partial charge in [-0.2, -0.15) is 0 Å². The highest BCUT2D eigenvalue weighted by Gasteiger charge is 2.59. The normalized spacial score (nSPS) is 31.3. The first kappa shape index (κ1) is 58.3. The highest BCUT2D eigenvalue weighted by atomic mass is 16.8. The number of benzene rings is 7. The van der Waals surface area contributed by atoms with Gasteiger partial charge in [-0.3, -0.25) is 0 Å². The summed E-state index contributed by atoms with van der Waals surface area (Å²) in [6.45, 7) is 1.26. The largest absolute Gasteiger partial charge is 0.385 e. The number of ether oxygens (including phenoxy) is 15. The van der Waals surface area contributed by atoms with Crippen LogP contribution in [-0.4, -0.2) is 124 Å². The van der Waals surface area contributed by atoms with E-state index in [1.807, 2.05) is 212 Å². The van der Waals surface area contributed by atoms with Crippen LogP contribution < -0.4 is 0 Å². The lowest BCUT2D eigenvalue weighted by Crippen LogP contribution is -2.69. The highest BCUT2D eigenvalue weighted by Crippen LogP contribution is 2.43. The van der Waals surface area contributed by atoms with Crippen molar-refractivity contribution in [1.82, 2.24) is 0 Å². The monoisotopic (exact) mass is 1140 g/mol. The van der Waals surface area contributed by atoms with E-state index in [1.54, 1.807) is 7.11 Å². The lowest BCUT2D eigenvalue weighted by atomic mass is 9.94. The van der Waals surface area contributed by atoms with E-state index in [9.17, 15) is 5.11 Å². The molecule has 12 rings (SSSR count). The summed E-state index contributed by atoms with van der Waals surface area (Å²) < 4.78 is 103. The fourth-order valence-electron chi connectivity index (χ4n) is 11.4. The second-order valence-corrected chi connectivity index (χ2v) is 21.5. The SMILES string of the molecule is CO[C@H]1O[C@@H]2CO[C@@H](c3ccccc3)O[C@H]2[C@H](OCc2ccccc2)[C@@H]1O[C@@H]1O[C@@H]2CO[C@@H](c3ccccc3)O[C@H]2[C@H](OCc2ccccc2)[C@@H]1O[C@@H]1O[C@H](COCc2ccccc2)[C@@H](OCc2ccccc2)[C@H](OCc2ccccc2)[C@H]1O. The number of fused-ring (bicyclic) bond motifs is 2. The molecule has 5 fully saturated rings. The zero-order valence-corrected chi connectivity index (χ0v) is 46.8. The van der Waals surface area contributed by atoms with Gasteiger partial charge in [0, 0.05) is 18.2 Å². The standard InChI is InChI=1S/C68H72O16/c1-70-67-62(60(74-40-48-29-15-5-16-30-48)57-53(79-67)43-76-64(81-57)50-33-19-7-20-34-50)84-68-63(61(75-41-49-31-17-6-18-32-49)58-54(80-68)44-77-65(82-58)51-35-21-8-22-36-51)83-66-55(69)59(73-39-47-27-13-4-14-28-47)56(72-38-46-25-11-3-12-26-46)52(78-66)42-71-37-45-23-9-2-10-24-45/h2-36,52-69H,37-44H2,1H3/t52-,53-,54-,55-,56-,57-,58-,59-,60+,61+,62+,63+,64-,65-,66+,67+,68+/m1/s1. The average molecular weight is 1150 g/mol. The van der Waals surface area contributed by atoms with Crippen LogP contribution in [-0.2, 0) is 104 Å². The quantitative estimate of drug-likeness (QED) is 0.0645. The Bertz CT molecular complexity index is 3010. The predicted octanol–water partition coefficient (Wildman–Crippen LogP) is 9.73. The highest BCUT2D eigenvalue weighted by molar-refractivity contribution is 5.21. The Morgan fingerprint density at radius 3 is 1.15 bits per heavy atom. The van der Waals surface area contributed by atoms with Crippen LogP contribution in [0.5, 0.6) is 0 Å². The van der Waals surface area contributed by atoms with Crippen molar-refractivity contribution in [2.45, 2.75) is 138 Å². The van der Waals surface area contributed by atoms with Crippen molar-refractivity contribution < 1.29 is 76.2 Å². The summed E-state index contributed by atoms with van der Waals surface area (Å²) in [6.07, 6.45) is -16.6. The summed E-state index contributed by atoms with van der Waals surface area (Å²) in [7, 11) is 1.55. The fourth-order valence-corrected chi connectivity index (χ4v) is 11.4. The third kappa shape index (κ3) is 14.4. The fraction of sp³-hybridized carbons (Fsp3) is 0.382. The van der Waals surface area contributed by atoms with E-state index in [4.69, 9.17) is 71.1 Å². The molecule has 0 aromatic heterocycles. The Kier molecular flexibility index (Phi) is 20.0. The molecule has 0 unspecified atom stereocenters. The molecule has 440 valence electrons. The molecule has 5 heterocycles. The molecule has 1 N–H and O–H groups in total. The smallest absolute Gasteiger partial charge is 0.187 e. The Morgan fingerprint density at radius 2 is 0.726 bits per heavy atom. The first-order valence-corrected chi connectivity index (χ1v) is 28.9. The number of hydrogen-bond acceptors (Lipinski definition) is 16. The molecule has 5 aliphatic heterocycles. The second-order valence-electron chi connectivity index (χ2n) is 21.5. The van der Waals surface area contributed by atoms with E-state index in [1.165, 1.54) is 0 Å². The zero-order valence-electron chi connectivity index (χ0n) is 46.8. The van der Waals surface area contributed by atoms with Crippen molar-refractivity contribution in [3.05, 3.63) is 251 Å². The summed E-state index contributed by atoms with van der Waals surface area (Å²) in [5, 5.41) is 13.0. The molecule has 7 aromatic rings. The summed E-state index contributed by atoms with van der Waals surface area (Å²) in [5.41, 5.74) is 6.24.